The van der Waals surface area contributed by atoms with Crippen LogP contribution in [0, 0.1) is 0 Å². The highest BCUT2D eigenvalue weighted by molar-refractivity contribution is 6.05. The molecule has 1 aliphatic rings. The van der Waals surface area contributed by atoms with Crippen LogP contribution in [0.15, 0.2) is 24.5 Å². The first kappa shape index (κ1) is 13.9. The van der Waals surface area contributed by atoms with Gasteiger partial charge >= 0.3 is 0 Å². The summed E-state index contributed by atoms with van der Waals surface area (Å²) in [6, 6.07) is 3.52. The van der Waals surface area contributed by atoms with Gasteiger partial charge in [0.15, 0.2) is 0 Å². The maximum absolute atomic E-state index is 12.7. The molecule has 3 heterocycles. The van der Waals surface area contributed by atoms with Crippen molar-refractivity contribution in [2.45, 2.75) is 24.9 Å². The van der Waals surface area contributed by atoms with Gasteiger partial charge in [0.1, 0.15) is 11.2 Å². The van der Waals surface area contributed by atoms with E-state index in [0.717, 1.165) is 0 Å². The number of aromatic amines is 1. The van der Waals surface area contributed by atoms with Gasteiger partial charge < -0.3 is 15.0 Å². The van der Waals surface area contributed by atoms with Crippen LogP contribution >= 0.6 is 0 Å². The van der Waals surface area contributed by atoms with E-state index in [4.69, 9.17) is 0 Å². The molecule has 1 fully saturated rings. The van der Waals surface area contributed by atoms with Gasteiger partial charge in [-0.2, -0.15) is 0 Å². The largest absolute Gasteiger partial charge is 0.384 e. The summed E-state index contributed by atoms with van der Waals surface area (Å²) in [5.74, 6) is -0.231. The Kier molecular flexibility index (Phi) is 3.36. The minimum atomic E-state index is -2.79. The quantitative estimate of drug-likeness (QED) is 0.887. The number of carbonyl (C=O) groups excluding carboxylic acids is 1. The molecule has 21 heavy (non-hydrogen) atoms. The van der Waals surface area contributed by atoms with Crippen molar-refractivity contribution in [1.29, 1.82) is 0 Å². The fourth-order valence-corrected chi connectivity index (χ4v) is 2.62. The minimum Gasteiger partial charge on any atom is -0.384 e. The molecule has 1 saturated heterocycles. The van der Waals surface area contributed by atoms with Crippen molar-refractivity contribution in [3.8, 4) is 0 Å². The third-order valence-corrected chi connectivity index (χ3v) is 4.00. The van der Waals surface area contributed by atoms with Crippen molar-refractivity contribution in [2.24, 2.45) is 0 Å². The first-order chi connectivity index (χ1) is 10.0. The van der Waals surface area contributed by atoms with E-state index < -0.39 is 12.0 Å². The lowest BCUT2D eigenvalue weighted by molar-refractivity contribution is -0.122. The molecule has 0 aromatic carbocycles. The highest BCUT2D eigenvalue weighted by Gasteiger charge is 2.41. The number of nitrogens with one attached hydrogen (secondary N) is 1. The zero-order valence-corrected chi connectivity index (χ0v) is 11.2. The second-order valence-corrected chi connectivity index (χ2v) is 5.30. The average molecular weight is 295 g/mol. The molecule has 2 aromatic rings. The summed E-state index contributed by atoms with van der Waals surface area (Å²) in [5, 5.41) is 10.5. The summed E-state index contributed by atoms with van der Waals surface area (Å²) in [7, 11) is 0. The first-order valence-electron chi connectivity index (χ1n) is 6.73. The van der Waals surface area contributed by atoms with Gasteiger partial charge in [-0.25, -0.2) is 13.8 Å². The molecule has 0 aliphatic carbocycles. The number of aliphatic hydroxyl groups is 1. The monoisotopic (exact) mass is 295 g/mol. The number of likely N-dealkylation sites (tertiary alicyclic amines) is 1. The standard InChI is InChI=1S/C14H15F2N3O2/c15-13(16)14(21)3-6-19(7-4-14)12(20)10-8-18-11-9(10)2-1-5-17-11/h1-2,5,8,13,21H,3-4,6-7H2,(H,17,18). The number of hydrogen-bond donors (Lipinski definition) is 2. The van der Waals surface area contributed by atoms with Crippen LogP contribution < -0.4 is 0 Å². The molecule has 7 heteroatoms. The lowest BCUT2D eigenvalue weighted by Crippen LogP contribution is -2.50. The number of nitrogens with zero attached hydrogens (tertiary/aromatic N) is 2. The van der Waals surface area contributed by atoms with Crippen LogP contribution in [-0.4, -0.2) is 51.0 Å². The lowest BCUT2D eigenvalue weighted by Gasteiger charge is -2.37. The lowest BCUT2D eigenvalue weighted by atomic mass is 9.91. The molecule has 1 amide bonds. The molecular weight excluding hydrogens is 280 g/mol. The normalized spacial score (nSPS) is 18.4. The number of pyridine rings is 1. The van der Waals surface area contributed by atoms with E-state index in [1.54, 1.807) is 24.5 Å². The van der Waals surface area contributed by atoms with Gasteiger partial charge in [-0.05, 0) is 25.0 Å². The van der Waals surface area contributed by atoms with E-state index in [-0.39, 0.29) is 31.8 Å². The third-order valence-electron chi connectivity index (χ3n) is 4.00. The predicted octanol–water partition coefficient (Wildman–Crippen LogP) is 1.80. The number of aromatic nitrogens is 2. The van der Waals surface area contributed by atoms with Crippen molar-refractivity contribution in [3.63, 3.8) is 0 Å². The van der Waals surface area contributed by atoms with E-state index in [1.807, 2.05) is 0 Å². The molecule has 5 nitrogen and oxygen atoms in total. The Hall–Kier alpha value is -2.02. The van der Waals surface area contributed by atoms with E-state index in [1.165, 1.54) is 4.90 Å². The number of H-pyrrole nitrogens is 1. The smallest absolute Gasteiger partial charge is 0.266 e. The minimum absolute atomic E-state index is 0.114. The van der Waals surface area contributed by atoms with Crippen LogP contribution in [0.3, 0.4) is 0 Å². The third kappa shape index (κ3) is 2.37. The SMILES string of the molecule is O=C(c1c[nH]c2ncccc12)N1CCC(O)(C(F)F)CC1. The second-order valence-electron chi connectivity index (χ2n) is 5.30. The molecule has 3 rings (SSSR count). The Morgan fingerprint density at radius 1 is 1.43 bits per heavy atom. The van der Waals surface area contributed by atoms with Crippen LogP contribution in [0.2, 0.25) is 0 Å². The number of amides is 1. The summed E-state index contributed by atoms with van der Waals surface area (Å²) < 4.78 is 25.5. The van der Waals surface area contributed by atoms with E-state index in [2.05, 4.69) is 9.97 Å². The number of fused-ring (bicyclic) bond motifs is 1. The maximum Gasteiger partial charge on any atom is 0.266 e. The number of hydrogen-bond acceptors (Lipinski definition) is 3. The van der Waals surface area contributed by atoms with Crippen LogP contribution in [0.1, 0.15) is 23.2 Å². The van der Waals surface area contributed by atoms with Crippen molar-refractivity contribution in [1.82, 2.24) is 14.9 Å². The Labute approximate surface area is 119 Å². The molecule has 0 atom stereocenters. The van der Waals surface area contributed by atoms with E-state index in [0.29, 0.717) is 16.6 Å². The number of piperidine rings is 1. The molecule has 0 unspecified atom stereocenters. The van der Waals surface area contributed by atoms with Gasteiger partial charge in [0.2, 0.25) is 0 Å². The summed E-state index contributed by atoms with van der Waals surface area (Å²) in [6.07, 6.45) is 0.186. The van der Waals surface area contributed by atoms with Gasteiger partial charge in [-0.3, -0.25) is 4.79 Å². The van der Waals surface area contributed by atoms with Gasteiger partial charge in [0.25, 0.3) is 12.3 Å². The van der Waals surface area contributed by atoms with Crippen LogP contribution in [0.5, 0.6) is 0 Å². The van der Waals surface area contributed by atoms with Crippen molar-refractivity contribution < 1.29 is 18.7 Å². The van der Waals surface area contributed by atoms with Crippen LogP contribution in [0.4, 0.5) is 8.78 Å². The Balaban J connectivity index is 1.78. The van der Waals surface area contributed by atoms with E-state index >= 15 is 0 Å². The molecule has 0 bridgehead atoms. The zero-order chi connectivity index (χ0) is 15.0. The molecule has 1 aliphatic heterocycles. The van der Waals surface area contributed by atoms with Gasteiger partial charge in [-0.15, -0.1) is 0 Å². The fraction of sp³-hybridized carbons (Fsp3) is 0.429. The summed E-state index contributed by atoms with van der Waals surface area (Å²) in [4.78, 5) is 21.0. The highest BCUT2D eigenvalue weighted by Crippen LogP contribution is 2.29. The Morgan fingerprint density at radius 3 is 2.81 bits per heavy atom. The molecule has 2 N–H and O–H groups in total. The van der Waals surface area contributed by atoms with Gasteiger partial charge in [0.05, 0.1) is 5.56 Å². The van der Waals surface area contributed by atoms with Crippen LogP contribution in [0.25, 0.3) is 11.0 Å². The van der Waals surface area contributed by atoms with Gasteiger partial charge in [0, 0.05) is 30.9 Å². The Bertz CT molecular complexity index is 663. The summed E-state index contributed by atoms with van der Waals surface area (Å²) >= 11 is 0. The number of carbonyl (C=O) groups is 1. The number of rotatable bonds is 2. The summed E-state index contributed by atoms with van der Waals surface area (Å²) in [6.45, 7) is 0.235. The molecule has 112 valence electrons. The van der Waals surface area contributed by atoms with Crippen molar-refractivity contribution in [3.05, 3.63) is 30.1 Å². The van der Waals surface area contributed by atoms with Crippen molar-refractivity contribution >= 4 is 16.9 Å². The number of halogens is 2. The molecule has 0 spiro atoms. The van der Waals surface area contributed by atoms with E-state index in [9.17, 15) is 18.7 Å². The molecule has 0 radical (unpaired) electrons. The van der Waals surface area contributed by atoms with Crippen molar-refractivity contribution in [2.75, 3.05) is 13.1 Å². The number of alkyl halides is 2. The average Bonchev–Trinajstić information content (AvgIpc) is 2.91. The second kappa shape index (κ2) is 5.07. The molecule has 2 aromatic heterocycles. The molecule has 0 saturated carbocycles. The van der Waals surface area contributed by atoms with Crippen LogP contribution in [-0.2, 0) is 0 Å². The predicted molar refractivity (Wildman–Crippen MR) is 72.2 cm³/mol. The highest BCUT2D eigenvalue weighted by atomic mass is 19.3. The van der Waals surface area contributed by atoms with Gasteiger partial charge in [-0.1, -0.05) is 0 Å². The first-order valence-corrected chi connectivity index (χ1v) is 6.73. The Morgan fingerprint density at radius 2 is 2.14 bits per heavy atom. The fourth-order valence-electron chi connectivity index (χ4n) is 2.62. The molecular formula is C14H15F2N3O2. The summed E-state index contributed by atoms with van der Waals surface area (Å²) in [5.41, 5.74) is -0.888. The topological polar surface area (TPSA) is 69.2 Å². The zero-order valence-electron chi connectivity index (χ0n) is 11.2. The maximum atomic E-state index is 12.7.